The maximum Gasteiger partial charge on any atom is 0.242 e. The fraction of sp³-hybridized carbons (Fsp3) is 0.133. The van der Waals surface area contributed by atoms with Gasteiger partial charge in [-0.2, -0.15) is 11.3 Å². The Kier molecular flexibility index (Phi) is 4.60. The predicted molar refractivity (Wildman–Crippen MR) is 91.1 cm³/mol. The zero-order chi connectivity index (χ0) is 16.3. The maximum absolute atomic E-state index is 12.4. The molecule has 0 saturated carbocycles. The molecule has 0 saturated heterocycles. The van der Waals surface area contributed by atoms with E-state index < -0.39 is 15.6 Å². The largest absolute Gasteiger partial charge is 0.378 e. The van der Waals surface area contributed by atoms with Crippen molar-refractivity contribution < 1.29 is 13.5 Å². The van der Waals surface area contributed by atoms with Crippen LogP contribution in [-0.4, -0.2) is 25.1 Å². The van der Waals surface area contributed by atoms with Gasteiger partial charge in [0.05, 0.1) is 0 Å². The third kappa shape index (κ3) is 3.36. The Labute approximate surface area is 142 Å². The highest BCUT2D eigenvalue weighted by Crippen LogP contribution is 2.33. The van der Waals surface area contributed by atoms with Crippen molar-refractivity contribution in [3.8, 4) is 0 Å². The number of aliphatic hydroxyl groups is 1. The Morgan fingerprint density at radius 1 is 1.22 bits per heavy atom. The Balaban J connectivity index is 1.89. The van der Waals surface area contributed by atoms with E-state index in [1.807, 2.05) is 22.2 Å². The first kappa shape index (κ1) is 16.3. The number of hydrogen-bond acceptors (Lipinski definition) is 6. The summed E-state index contributed by atoms with van der Waals surface area (Å²) >= 11 is 2.83. The summed E-state index contributed by atoms with van der Waals surface area (Å²) in [6.45, 7) is -0.151. The molecule has 0 aliphatic heterocycles. The van der Waals surface area contributed by atoms with Crippen molar-refractivity contribution >= 4 is 32.7 Å². The molecular formula is C15H14N2O3S3. The van der Waals surface area contributed by atoms with Crippen LogP contribution in [0.2, 0.25) is 0 Å². The van der Waals surface area contributed by atoms with Gasteiger partial charge in [0.1, 0.15) is 10.5 Å². The smallest absolute Gasteiger partial charge is 0.242 e. The molecule has 0 aliphatic carbocycles. The van der Waals surface area contributed by atoms with Gasteiger partial charge < -0.3 is 5.11 Å². The molecule has 3 aromatic rings. The van der Waals surface area contributed by atoms with E-state index in [0.29, 0.717) is 10.4 Å². The molecule has 3 rings (SSSR count). The van der Waals surface area contributed by atoms with Crippen LogP contribution in [0, 0.1) is 0 Å². The lowest BCUT2D eigenvalue weighted by Gasteiger charge is -2.26. The molecule has 0 aromatic carbocycles. The second-order valence-electron chi connectivity index (χ2n) is 4.86. The molecule has 120 valence electrons. The number of nitrogens with zero attached hydrogens (tertiary/aromatic N) is 1. The van der Waals surface area contributed by atoms with Crippen LogP contribution in [0.15, 0.2) is 63.8 Å². The third-order valence-electron chi connectivity index (χ3n) is 3.39. The molecular weight excluding hydrogens is 352 g/mol. The fourth-order valence-electron chi connectivity index (χ4n) is 2.13. The molecule has 1 atom stereocenters. The zero-order valence-electron chi connectivity index (χ0n) is 11.9. The van der Waals surface area contributed by atoms with Crippen LogP contribution in [0.25, 0.3) is 0 Å². The molecule has 3 aromatic heterocycles. The molecule has 0 aliphatic rings. The van der Waals surface area contributed by atoms with Crippen molar-refractivity contribution in [3.05, 3.63) is 69.3 Å². The molecule has 0 spiro atoms. The average Bonchev–Trinajstić information content (AvgIpc) is 3.27. The van der Waals surface area contributed by atoms with Crippen LogP contribution < -0.4 is 4.72 Å². The van der Waals surface area contributed by atoms with Crippen LogP contribution in [-0.2, 0) is 15.6 Å². The first-order valence-corrected chi connectivity index (χ1v) is 10.0. The summed E-state index contributed by atoms with van der Waals surface area (Å²) in [5.41, 5.74) is -0.734. The second-order valence-corrected chi connectivity index (χ2v) is 8.36. The number of thiophene rings is 2. The van der Waals surface area contributed by atoms with Crippen molar-refractivity contribution in [3.63, 3.8) is 0 Å². The van der Waals surface area contributed by atoms with Crippen molar-refractivity contribution in [2.75, 3.05) is 6.54 Å². The van der Waals surface area contributed by atoms with Gasteiger partial charge in [0, 0.05) is 29.4 Å². The third-order valence-corrected chi connectivity index (χ3v) is 6.48. The van der Waals surface area contributed by atoms with Gasteiger partial charge in [0.2, 0.25) is 10.0 Å². The topological polar surface area (TPSA) is 79.3 Å². The van der Waals surface area contributed by atoms with Crippen LogP contribution in [0.1, 0.15) is 10.4 Å². The average molecular weight is 366 g/mol. The highest BCUT2D eigenvalue weighted by molar-refractivity contribution is 7.89. The Bertz CT molecular complexity index is 811. The van der Waals surface area contributed by atoms with E-state index >= 15 is 0 Å². The molecule has 0 fully saturated rings. The van der Waals surface area contributed by atoms with Gasteiger partial charge in [0.15, 0.2) is 0 Å². The molecule has 23 heavy (non-hydrogen) atoms. The summed E-state index contributed by atoms with van der Waals surface area (Å²) in [6.07, 6.45) is 2.78. The van der Waals surface area contributed by atoms with Crippen LogP contribution in [0.4, 0.5) is 0 Å². The van der Waals surface area contributed by atoms with Gasteiger partial charge in [-0.15, -0.1) is 11.3 Å². The van der Waals surface area contributed by atoms with E-state index in [4.69, 9.17) is 0 Å². The number of sulfonamides is 1. The molecule has 5 nitrogen and oxygen atoms in total. The summed E-state index contributed by atoms with van der Waals surface area (Å²) in [5, 5.41) is 16.6. The number of pyridine rings is 1. The van der Waals surface area contributed by atoms with E-state index in [1.54, 1.807) is 18.2 Å². The normalized spacial score (nSPS) is 14.5. The predicted octanol–water partition coefficient (Wildman–Crippen LogP) is 2.42. The monoisotopic (exact) mass is 366 g/mol. The lowest BCUT2D eigenvalue weighted by Crippen LogP contribution is -2.40. The summed E-state index contributed by atoms with van der Waals surface area (Å²) < 4.78 is 27.2. The van der Waals surface area contributed by atoms with Crippen LogP contribution >= 0.6 is 22.7 Å². The zero-order valence-corrected chi connectivity index (χ0v) is 14.4. The standard InChI is InChI=1S/C15H14N2O3S3/c18-15(12-5-8-21-10-12,14-4-2-7-22-14)11-17-23(19,20)13-3-1-6-16-9-13/h1-10,17-18H,11H2/t15-/m1/s1. The molecule has 0 amide bonds. The van der Waals surface area contributed by atoms with E-state index in [0.717, 1.165) is 0 Å². The van der Waals surface area contributed by atoms with E-state index in [1.165, 1.54) is 41.1 Å². The van der Waals surface area contributed by atoms with Crippen molar-refractivity contribution in [1.82, 2.24) is 9.71 Å². The Morgan fingerprint density at radius 3 is 2.70 bits per heavy atom. The first-order chi connectivity index (χ1) is 11.0. The molecule has 0 unspecified atom stereocenters. The van der Waals surface area contributed by atoms with E-state index in [9.17, 15) is 13.5 Å². The summed E-state index contributed by atoms with van der Waals surface area (Å²) in [6, 6.07) is 8.43. The highest BCUT2D eigenvalue weighted by atomic mass is 32.2. The summed E-state index contributed by atoms with van der Waals surface area (Å²) in [5.74, 6) is 0. The minimum Gasteiger partial charge on any atom is -0.378 e. The Morgan fingerprint density at radius 2 is 2.09 bits per heavy atom. The van der Waals surface area contributed by atoms with Crippen LogP contribution in [0.3, 0.4) is 0 Å². The number of nitrogens with one attached hydrogen (secondary N) is 1. The molecule has 3 heterocycles. The summed E-state index contributed by atoms with van der Waals surface area (Å²) in [4.78, 5) is 4.57. The van der Waals surface area contributed by atoms with E-state index in [-0.39, 0.29) is 11.4 Å². The lowest BCUT2D eigenvalue weighted by atomic mass is 9.95. The molecule has 8 heteroatoms. The Hall–Kier alpha value is -1.58. The SMILES string of the molecule is O=S(=O)(NC[C@@](O)(c1ccsc1)c1cccs1)c1cccnc1. The van der Waals surface area contributed by atoms with Gasteiger partial charge >= 0.3 is 0 Å². The minimum absolute atomic E-state index is 0.0684. The second kappa shape index (κ2) is 6.50. The number of hydrogen-bond donors (Lipinski definition) is 2. The number of rotatable bonds is 6. The molecule has 0 bridgehead atoms. The van der Waals surface area contributed by atoms with Gasteiger partial charge in [-0.05, 0) is 40.4 Å². The minimum atomic E-state index is -3.74. The van der Waals surface area contributed by atoms with Crippen molar-refractivity contribution in [2.45, 2.75) is 10.5 Å². The van der Waals surface area contributed by atoms with Gasteiger partial charge in [0.25, 0.3) is 0 Å². The maximum atomic E-state index is 12.4. The lowest BCUT2D eigenvalue weighted by molar-refractivity contribution is 0.0903. The first-order valence-electron chi connectivity index (χ1n) is 6.71. The van der Waals surface area contributed by atoms with Crippen molar-refractivity contribution in [2.24, 2.45) is 0 Å². The van der Waals surface area contributed by atoms with Crippen molar-refractivity contribution in [1.29, 1.82) is 0 Å². The van der Waals surface area contributed by atoms with Gasteiger partial charge in [-0.25, -0.2) is 13.1 Å². The van der Waals surface area contributed by atoms with Gasteiger partial charge in [-0.1, -0.05) is 6.07 Å². The van der Waals surface area contributed by atoms with E-state index in [2.05, 4.69) is 9.71 Å². The quantitative estimate of drug-likeness (QED) is 0.702. The molecule has 2 N–H and O–H groups in total. The van der Waals surface area contributed by atoms with Gasteiger partial charge in [-0.3, -0.25) is 4.98 Å². The number of aromatic nitrogens is 1. The highest BCUT2D eigenvalue weighted by Gasteiger charge is 2.34. The molecule has 0 radical (unpaired) electrons. The van der Waals surface area contributed by atoms with Crippen LogP contribution in [0.5, 0.6) is 0 Å². The fourth-order valence-corrected chi connectivity index (χ4v) is 4.73. The summed E-state index contributed by atoms with van der Waals surface area (Å²) in [7, 11) is -3.74.